The van der Waals surface area contributed by atoms with Gasteiger partial charge in [0.1, 0.15) is 0 Å². The monoisotopic (exact) mass is 251 g/mol. The standard InChI is InChI=1S/C13H21N3O2/c1-3-11-9(2)6-14-13(15-11)16-5-4-10(8-17)12(18)7-16/h6,10,12,17-18H,3-5,7-8H2,1-2H3/t10-,12-/m0/s1. The van der Waals surface area contributed by atoms with Crippen molar-refractivity contribution in [1.82, 2.24) is 9.97 Å². The second-order valence-corrected chi connectivity index (χ2v) is 4.90. The van der Waals surface area contributed by atoms with Gasteiger partial charge in [-0.1, -0.05) is 6.92 Å². The van der Waals surface area contributed by atoms with Gasteiger partial charge in [0.25, 0.3) is 0 Å². The first kappa shape index (κ1) is 13.2. The van der Waals surface area contributed by atoms with E-state index in [1.54, 1.807) is 0 Å². The minimum atomic E-state index is -0.501. The van der Waals surface area contributed by atoms with E-state index in [1.807, 2.05) is 18.0 Å². The maximum atomic E-state index is 9.92. The van der Waals surface area contributed by atoms with Gasteiger partial charge in [0.05, 0.1) is 6.10 Å². The Labute approximate surface area is 107 Å². The lowest BCUT2D eigenvalue weighted by Crippen LogP contribution is -2.45. The Kier molecular flexibility index (Phi) is 4.14. The summed E-state index contributed by atoms with van der Waals surface area (Å²) in [6.07, 6.45) is 3.00. The largest absolute Gasteiger partial charge is 0.396 e. The summed E-state index contributed by atoms with van der Waals surface area (Å²) in [7, 11) is 0. The maximum Gasteiger partial charge on any atom is 0.225 e. The van der Waals surface area contributed by atoms with Crippen molar-refractivity contribution >= 4 is 5.95 Å². The predicted molar refractivity (Wildman–Crippen MR) is 69.6 cm³/mol. The van der Waals surface area contributed by atoms with Gasteiger partial charge < -0.3 is 15.1 Å². The van der Waals surface area contributed by atoms with Gasteiger partial charge >= 0.3 is 0 Å². The lowest BCUT2D eigenvalue weighted by Gasteiger charge is -2.35. The normalized spacial score (nSPS) is 24.3. The van der Waals surface area contributed by atoms with Crippen LogP contribution in [0.3, 0.4) is 0 Å². The summed E-state index contributed by atoms with van der Waals surface area (Å²) < 4.78 is 0. The summed E-state index contributed by atoms with van der Waals surface area (Å²) in [6.45, 7) is 5.41. The van der Waals surface area contributed by atoms with Crippen molar-refractivity contribution in [2.45, 2.75) is 32.8 Å². The lowest BCUT2D eigenvalue weighted by molar-refractivity contribution is 0.0543. The Balaban J connectivity index is 2.13. The molecule has 0 aliphatic carbocycles. The van der Waals surface area contributed by atoms with Crippen LogP contribution in [-0.4, -0.2) is 46.0 Å². The fraction of sp³-hybridized carbons (Fsp3) is 0.692. The van der Waals surface area contributed by atoms with Crippen molar-refractivity contribution in [2.24, 2.45) is 5.92 Å². The van der Waals surface area contributed by atoms with Crippen LogP contribution in [-0.2, 0) is 6.42 Å². The van der Waals surface area contributed by atoms with Gasteiger partial charge in [0.15, 0.2) is 0 Å². The molecule has 1 aliphatic rings. The molecule has 1 saturated heterocycles. The average molecular weight is 251 g/mol. The molecule has 0 bridgehead atoms. The summed E-state index contributed by atoms with van der Waals surface area (Å²) in [6, 6.07) is 0. The molecular formula is C13H21N3O2. The third kappa shape index (κ3) is 2.62. The molecule has 100 valence electrons. The van der Waals surface area contributed by atoms with E-state index in [1.165, 1.54) is 0 Å². The number of aryl methyl sites for hydroxylation is 2. The second-order valence-electron chi connectivity index (χ2n) is 4.90. The number of aromatic nitrogens is 2. The van der Waals surface area contributed by atoms with E-state index in [-0.39, 0.29) is 12.5 Å². The number of rotatable bonds is 3. The van der Waals surface area contributed by atoms with Crippen LogP contribution in [0.5, 0.6) is 0 Å². The van der Waals surface area contributed by atoms with E-state index in [0.717, 1.165) is 30.6 Å². The molecule has 2 N–H and O–H groups in total. The van der Waals surface area contributed by atoms with Crippen LogP contribution in [0.15, 0.2) is 6.20 Å². The topological polar surface area (TPSA) is 69.5 Å². The first-order valence-corrected chi connectivity index (χ1v) is 6.52. The van der Waals surface area contributed by atoms with Crippen LogP contribution in [0.2, 0.25) is 0 Å². The SMILES string of the molecule is CCc1nc(N2CC[C@@H](CO)[C@@H](O)C2)ncc1C. The molecule has 1 fully saturated rings. The zero-order valence-corrected chi connectivity index (χ0v) is 11.0. The van der Waals surface area contributed by atoms with E-state index in [9.17, 15) is 5.11 Å². The highest BCUT2D eigenvalue weighted by Gasteiger charge is 2.28. The minimum absolute atomic E-state index is 0.0163. The van der Waals surface area contributed by atoms with Crippen molar-refractivity contribution in [1.29, 1.82) is 0 Å². The number of hydrogen-bond acceptors (Lipinski definition) is 5. The highest BCUT2D eigenvalue weighted by molar-refractivity contribution is 5.34. The molecule has 2 atom stereocenters. The second kappa shape index (κ2) is 5.63. The van der Waals surface area contributed by atoms with Crippen molar-refractivity contribution in [3.8, 4) is 0 Å². The number of piperidine rings is 1. The van der Waals surface area contributed by atoms with Crippen LogP contribution in [0.4, 0.5) is 5.95 Å². The fourth-order valence-electron chi connectivity index (χ4n) is 2.35. The zero-order valence-electron chi connectivity index (χ0n) is 11.0. The molecule has 1 aromatic heterocycles. The Morgan fingerprint density at radius 3 is 2.89 bits per heavy atom. The van der Waals surface area contributed by atoms with Crippen molar-refractivity contribution in [3.63, 3.8) is 0 Å². The van der Waals surface area contributed by atoms with Crippen molar-refractivity contribution in [2.75, 3.05) is 24.6 Å². The van der Waals surface area contributed by atoms with Gasteiger partial charge in [-0.15, -0.1) is 0 Å². The highest BCUT2D eigenvalue weighted by Crippen LogP contribution is 2.21. The molecule has 0 saturated carbocycles. The molecule has 2 rings (SSSR count). The molecule has 0 amide bonds. The molecule has 5 nitrogen and oxygen atoms in total. The molecule has 2 heterocycles. The summed E-state index contributed by atoms with van der Waals surface area (Å²) in [4.78, 5) is 10.9. The van der Waals surface area contributed by atoms with Crippen LogP contribution in [0.25, 0.3) is 0 Å². The van der Waals surface area contributed by atoms with Gasteiger partial charge in [-0.3, -0.25) is 0 Å². The lowest BCUT2D eigenvalue weighted by atomic mass is 9.95. The summed E-state index contributed by atoms with van der Waals surface area (Å²) >= 11 is 0. The van der Waals surface area contributed by atoms with Gasteiger partial charge in [0, 0.05) is 37.5 Å². The predicted octanol–water partition coefficient (Wildman–Crippen LogP) is 0.527. The third-order valence-electron chi connectivity index (χ3n) is 3.64. The summed E-state index contributed by atoms with van der Waals surface area (Å²) in [5, 5.41) is 19.1. The molecule has 0 aromatic carbocycles. The van der Waals surface area contributed by atoms with Gasteiger partial charge in [-0.2, -0.15) is 0 Å². The van der Waals surface area contributed by atoms with Gasteiger partial charge in [0.2, 0.25) is 5.95 Å². The quantitative estimate of drug-likeness (QED) is 0.820. The van der Waals surface area contributed by atoms with Crippen LogP contribution in [0.1, 0.15) is 24.6 Å². The number of aliphatic hydroxyl groups excluding tert-OH is 2. The molecule has 5 heteroatoms. The fourth-order valence-corrected chi connectivity index (χ4v) is 2.35. The van der Waals surface area contributed by atoms with E-state index >= 15 is 0 Å². The van der Waals surface area contributed by atoms with E-state index < -0.39 is 6.10 Å². The highest BCUT2D eigenvalue weighted by atomic mass is 16.3. The van der Waals surface area contributed by atoms with Crippen LogP contribution < -0.4 is 4.90 Å². The molecule has 0 unspecified atom stereocenters. The minimum Gasteiger partial charge on any atom is -0.396 e. The van der Waals surface area contributed by atoms with E-state index in [4.69, 9.17) is 5.11 Å². The Hall–Kier alpha value is -1.20. The number of anilines is 1. The average Bonchev–Trinajstić information content (AvgIpc) is 2.39. The van der Waals surface area contributed by atoms with Crippen LogP contribution in [0, 0.1) is 12.8 Å². The smallest absolute Gasteiger partial charge is 0.225 e. The van der Waals surface area contributed by atoms with Crippen molar-refractivity contribution in [3.05, 3.63) is 17.5 Å². The summed E-state index contributed by atoms with van der Waals surface area (Å²) in [5.74, 6) is 0.672. The van der Waals surface area contributed by atoms with Gasteiger partial charge in [-0.25, -0.2) is 9.97 Å². The molecule has 0 radical (unpaired) electrons. The van der Waals surface area contributed by atoms with Crippen molar-refractivity contribution < 1.29 is 10.2 Å². The molecular weight excluding hydrogens is 230 g/mol. The number of hydrogen-bond donors (Lipinski definition) is 2. The first-order valence-electron chi connectivity index (χ1n) is 6.52. The zero-order chi connectivity index (χ0) is 13.1. The molecule has 1 aliphatic heterocycles. The molecule has 0 spiro atoms. The van der Waals surface area contributed by atoms with E-state index in [0.29, 0.717) is 12.5 Å². The summed E-state index contributed by atoms with van der Waals surface area (Å²) in [5.41, 5.74) is 2.16. The Morgan fingerprint density at radius 2 is 2.28 bits per heavy atom. The first-order chi connectivity index (χ1) is 8.65. The van der Waals surface area contributed by atoms with Gasteiger partial charge in [-0.05, 0) is 25.3 Å². The number of β-amino-alcohol motifs (C(OH)–C–C–N with tert-alkyl or cyclic N) is 1. The number of nitrogens with zero attached hydrogens (tertiary/aromatic N) is 3. The van der Waals surface area contributed by atoms with Crippen LogP contribution >= 0.6 is 0 Å². The maximum absolute atomic E-state index is 9.92. The van der Waals surface area contributed by atoms with E-state index in [2.05, 4.69) is 16.9 Å². The molecule has 18 heavy (non-hydrogen) atoms. The Bertz CT molecular complexity index is 411. The Morgan fingerprint density at radius 1 is 1.50 bits per heavy atom. The number of aliphatic hydroxyl groups is 2. The third-order valence-corrected chi connectivity index (χ3v) is 3.64. The molecule has 1 aromatic rings.